The Morgan fingerprint density at radius 1 is 1.17 bits per heavy atom. The summed E-state index contributed by atoms with van der Waals surface area (Å²) in [5.41, 5.74) is -0.177. The van der Waals surface area contributed by atoms with Crippen molar-refractivity contribution >= 4 is 17.7 Å². The molecule has 0 amide bonds. The quantitative estimate of drug-likeness (QED) is 0.869. The number of alkyl halides is 3. The van der Waals surface area contributed by atoms with Gasteiger partial charge in [0, 0.05) is 9.79 Å². The fourth-order valence-corrected chi connectivity index (χ4v) is 2.87. The Morgan fingerprint density at radius 3 is 2.35 bits per heavy atom. The molecule has 0 spiro atoms. The Balaban J connectivity index is 2.27. The molecule has 0 heterocycles. The van der Waals surface area contributed by atoms with E-state index in [0.717, 1.165) is 17.8 Å². The summed E-state index contributed by atoms with van der Waals surface area (Å²) in [6, 6.07) is 10.2. The standard InChI is InChI=1S/C16H13F3O3S/c1-22-11-4-7-14(13(9-11)16(17,18)19)23-12-5-2-10(3-6-12)8-15(20)21/h2-7,9H,8H2,1H3,(H,20,21). The molecule has 0 aliphatic rings. The van der Waals surface area contributed by atoms with Crippen molar-refractivity contribution in [2.45, 2.75) is 22.4 Å². The average Bonchev–Trinajstić information content (AvgIpc) is 2.48. The number of benzene rings is 2. The highest BCUT2D eigenvalue weighted by Crippen LogP contribution is 2.41. The van der Waals surface area contributed by atoms with E-state index in [1.54, 1.807) is 24.3 Å². The van der Waals surface area contributed by atoms with Crippen molar-refractivity contribution in [1.29, 1.82) is 0 Å². The first-order chi connectivity index (χ1) is 10.8. The number of methoxy groups -OCH3 is 1. The molecular weight excluding hydrogens is 329 g/mol. The highest BCUT2D eigenvalue weighted by molar-refractivity contribution is 7.99. The van der Waals surface area contributed by atoms with Crippen LogP contribution in [0.1, 0.15) is 11.1 Å². The van der Waals surface area contributed by atoms with Gasteiger partial charge in [-0.05, 0) is 35.9 Å². The highest BCUT2D eigenvalue weighted by Gasteiger charge is 2.34. The lowest BCUT2D eigenvalue weighted by Crippen LogP contribution is -2.07. The SMILES string of the molecule is COc1ccc(Sc2ccc(CC(=O)O)cc2)c(C(F)(F)F)c1. The predicted octanol–water partition coefficient (Wildman–Crippen LogP) is 4.49. The molecule has 0 saturated heterocycles. The van der Waals surface area contributed by atoms with Gasteiger partial charge in [-0.1, -0.05) is 23.9 Å². The molecule has 122 valence electrons. The van der Waals surface area contributed by atoms with Crippen LogP contribution in [0.2, 0.25) is 0 Å². The maximum atomic E-state index is 13.1. The molecule has 0 radical (unpaired) electrons. The van der Waals surface area contributed by atoms with Gasteiger partial charge in [0.2, 0.25) is 0 Å². The lowest BCUT2D eigenvalue weighted by molar-refractivity contribution is -0.140. The van der Waals surface area contributed by atoms with Crippen LogP contribution in [0, 0.1) is 0 Å². The van der Waals surface area contributed by atoms with Crippen LogP contribution in [0.3, 0.4) is 0 Å². The minimum atomic E-state index is -4.49. The van der Waals surface area contributed by atoms with E-state index in [-0.39, 0.29) is 17.1 Å². The summed E-state index contributed by atoms with van der Waals surface area (Å²) in [7, 11) is 1.31. The Labute approximate surface area is 135 Å². The van der Waals surface area contributed by atoms with E-state index in [1.165, 1.54) is 19.2 Å². The number of hydrogen-bond donors (Lipinski definition) is 1. The second-order valence-corrected chi connectivity index (χ2v) is 5.79. The van der Waals surface area contributed by atoms with Crippen LogP contribution in [-0.4, -0.2) is 18.2 Å². The molecule has 2 rings (SSSR count). The Kier molecular flexibility index (Phi) is 5.20. The summed E-state index contributed by atoms with van der Waals surface area (Å²) < 4.78 is 44.3. The first-order valence-corrected chi connectivity index (χ1v) is 7.35. The number of carbonyl (C=O) groups is 1. The van der Waals surface area contributed by atoms with Gasteiger partial charge in [-0.25, -0.2) is 0 Å². The second kappa shape index (κ2) is 6.95. The molecule has 0 bridgehead atoms. The van der Waals surface area contributed by atoms with Crippen LogP contribution < -0.4 is 4.74 Å². The number of carboxylic acid groups (broad SMARTS) is 1. The largest absolute Gasteiger partial charge is 0.497 e. The van der Waals surface area contributed by atoms with Gasteiger partial charge in [0.25, 0.3) is 0 Å². The topological polar surface area (TPSA) is 46.5 Å². The smallest absolute Gasteiger partial charge is 0.417 e. The molecule has 3 nitrogen and oxygen atoms in total. The van der Waals surface area contributed by atoms with Crippen molar-refractivity contribution in [2.75, 3.05) is 7.11 Å². The van der Waals surface area contributed by atoms with Gasteiger partial charge in [0.1, 0.15) is 5.75 Å². The summed E-state index contributed by atoms with van der Waals surface area (Å²) in [5, 5.41) is 8.70. The van der Waals surface area contributed by atoms with Gasteiger partial charge in [0.05, 0.1) is 19.1 Å². The minimum absolute atomic E-state index is 0.0595. The van der Waals surface area contributed by atoms with Gasteiger partial charge in [-0.15, -0.1) is 0 Å². The van der Waals surface area contributed by atoms with Gasteiger partial charge in [0.15, 0.2) is 0 Å². The third kappa shape index (κ3) is 4.66. The molecule has 7 heteroatoms. The van der Waals surface area contributed by atoms with Crippen molar-refractivity contribution in [3.63, 3.8) is 0 Å². The van der Waals surface area contributed by atoms with E-state index in [1.807, 2.05) is 0 Å². The third-order valence-corrected chi connectivity index (χ3v) is 4.08. The van der Waals surface area contributed by atoms with Crippen LogP contribution in [0.15, 0.2) is 52.3 Å². The zero-order valence-corrected chi connectivity index (χ0v) is 12.9. The van der Waals surface area contributed by atoms with Crippen molar-refractivity contribution in [3.05, 3.63) is 53.6 Å². The van der Waals surface area contributed by atoms with E-state index in [2.05, 4.69) is 0 Å². The summed E-state index contributed by atoms with van der Waals surface area (Å²) in [6.07, 6.45) is -4.61. The van der Waals surface area contributed by atoms with Crippen molar-refractivity contribution in [1.82, 2.24) is 0 Å². The number of aliphatic carboxylic acids is 1. The van der Waals surface area contributed by atoms with Gasteiger partial charge < -0.3 is 9.84 Å². The van der Waals surface area contributed by atoms with E-state index in [4.69, 9.17) is 9.84 Å². The molecule has 2 aromatic carbocycles. The maximum absolute atomic E-state index is 13.1. The van der Waals surface area contributed by atoms with Gasteiger partial charge in [-0.2, -0.15) is 13.2 Å². The van der Waals surface area contributed by atoms with E-state index in [0.29, 0.717) is 10.5 Å². The average molecular weight is 342 g/mol. The predicted molar refractivity (Wildman–Crippen MR) is 79.9 cm³/mol. The molecule has 0 saturated carbocycles. The van der Waals surface area contributed by atoms with Crippen LogP contribution in [0.25, 0.3) is 0 Å². The molecule has 0 fully saturated rings. The summed E-state index contributed by atoms with van der Waals surface area (Å²) >= 11 is 0.965. The zero-order chi connectivity index (χ0) is 17.0. The number of hydrogen-bond acceptors (Lipinski definition) is 3. The summed E-state index contributed by atoms with van der Waals surface area (Å²) in [4.78, 5) is 11.3. The van der Waals surface area contributed by atoms with Crippen LogP contribution >= 0.6 is 11.8 Å². The Bertz CT molecular complexity index is 697. The van der Waals surface area contributed by atoms with E-state index < -0.39 is 17.7 Å². The third-order valence-electron chi connectivity index (χ3n) is 3.00. The molecule has 23 heavy (non-hydrogen) atoms. The molecule has 0 aromatic heterocycles. The molecule has 2 aromatic rings. The van der Waals surface area contributed by atoms with Crippen LogP contribution in [-0.2, 0) is 17.4 Å². The highest BCUT2D eigenvalue weighted by atomic mass is 32.2. The van der Waals surface area contributed by atoms with Crippen molar-refractivity contribution in [2.24, 2.45) is 0 Å². The lowest BCUT2D eigenvalue weighted by Gasteiger charge is -2.14. The number of carboxylic acids is 1. The Hall–Kier alpha value is -2.15. The number of halogens is 3. The monoisotopic (exact) mass is 342 g/mol. The zero-order valence-electron chi connectivity index (χ0n) is 12.1. The molecule has 0 aliphatic carbocycles. The Morgan fingerprint density at radius 2 is 1.83 bits per heavy atom. The van der Waals surface area contributed by atoms with Gasteiger partial charge >= 0.3 is 12.1 Å². The normalized spacial score (nSPS) is 11.3. The maximum Gasteiger partial charge on any atom is 0.417 e. The van der Waals surface area contributed by atoms with Crippen LogP contribution in [0.5, 0.6) is 5.75 Å². The molecule has 0 atom stereocenters. The van der Waals surface area contributed by atoms with Crippen molar-refractivity contribution in [3.8, 4) is 5.75 Å². The summed E-state index contributed by atoms with van der Waals surface area (Å²) in [6.45, 7) is 0. The van der Waals surface area contributed by atoms with E-state index >= 15 is 0 Å². The first-order valence-electron chi connectivity index (χ1n) is 6.53. The van der Waals surface area contributed by atoms with E-state index in [9.17, 15) is 18.0 Å². The van der Waals surface area contributed by atoms with Crippen LogP contribution in [0.4, 0.5) is 13.2 Å². The number of rotatable bonds is 5. The lowest BCUT2D eigenvalue weighted by atomic mass is 10.2. The fraction of sp³-hybridized carbons (Fsp3) is 0.188. The first kappa shape index (κ1) is 17.2. The molecular formula is C16H13F3O3S. The molecule has 0 aliphatic heterocycles. The van der Waals surface area contributed by atoms with Crippen molar-refractivity contribution < 1.29 is 27.8 Å². The molecule has 1 N–H and O–H groups in total. The second-order valence-electron chi connectivity index (χ2n) is 4.68. The number of ether oxygens (including phenoxy) is 1. The molecule has 0 unspecified atom stereocenters. The minimum Gasteiger partial charge on any atom is -0.497 e. The fourth-order valence-electron chi connectivity index (χ4n) is 1.92. The van der Waals surface area contributed by atoms with Gasteiger partial charge in [-0.3, -0.25) is 4.79 Å². The summed E-state index contributed by atoms with van der Waals surface area (Å²) in [5.74, 6) is -0.821.